The van der Waals surface area contributed by atoms with E-state index in [0.717, 1.165) is 29.8 Å². The number of benzene rings is 2. The second kappa shape index (κ2) is 8.66. The predicted molar refractivity (Wildman–Crippen MR) is 136 cm³/mol. The molecule has 5 aromatic rings. The van der Waals surface area contributed by atoms with Crippen LogP contribution in [0.25, 0.3) is 16.0 Å². The summed E-state index contributed by atoms with van der Waals surface area (Å²) in [7, 11) is 0. The van der Waals surface area contributed by atoms with Crippen LogP contribution in [-0.4, -0.2) is 31.2 Å². The molecule has 0 N–H and O–H groups in total. The van der Waals surface area contributed by atoms with Crippen molar-refractivity contribution >= 4 is 38.9 Å². The molecule has 8 nitrogen and oxygen atoms in total. The minimum absolute atomic E-state index is 0.129. The van der Waals surface area contributed by atoms with Gasteiger partial charge < -0.3 is 4.90 Å². The molecule has 4 heterocycles. The van der Waals surface area contributed by atoms with E-state index in [9.17, 15) is 14.4 Å². The van der Waals surface area contributed by atoms with Crippen LogP contribution in [0, 0.1) is 0 Å². The normalized spacial score (nSPS) is 13.9. The number of thiophene rings is 1. The summed E-state index contributed by atoms with van der Waals surface area (Å²) in [5.41, 5.74) is 3.05. The van der Waals surface area contributed by atoms with Crippen molar-refractivity contribution in [3.05, 3.63) is 98.0 Å². The quantitative estimate of drug-likeness (QED) is 0.370. The second-order valence-electron chi connectivity index (χ2n) is 8.72. The van der Waals surface area contributed by atoms with Crippen LogP contribution in [0.5, 0.6) is 0 Å². The molecule has 0 radical (unpaired) electrons. The molecular formula is C26H23N5O3S. The molecule has 1 fully saturated rings. The van der Waals surface area contributed by atoms with Gasteiger partial charge in [0.25, 0.3) is 5.56 Å². The van der Waals surface area contributed by atoms with E-state index in [4.69, 9.17) is 0 Å². The fraction of sp³-hybridized carbons (Fsp3) is 0.231. The molecule has 0 atom stereocenters. The zero-order valence-corrected chi connectivity index (χ0v) is 19.8. The van der Waals surface area contributed by atoms with E-state index < -0.39 is 0 Å². The average Bonchev–Trinajstić information content (AvgIpc) is 3.60. The van der Waals surface area contributed by atoms with Crippen molar-refractivity contribution in [3.63, 3.8) is 0 Å². The third-order valence-corrected chi connectivity index (χ3v) is 7.40. The Balaban J connectivity index is 1.38. The minimum atomic E-state index is -0.282. The maximum atomic E-state index is 13.4. The Kier molecular flexibility index (Phi) is 5.33. The highest BCUT2D eigenvalue weighted by molar-refractivity contribution is 7.17. The van der Waals surface area contributed by atoms with Crippen molar-refractivity contribution in [2.75, 3.05) is 11.4 Å². The van der Waals surface area contributed by atoms with Crippen molar-refractivity contribution in [2.24, 2.45) is 0 Å². The van der Waals surface area contributed by atoms with Gasteiger partial charge in [-0.15, -0.1) is 16.4 Å². The molecule has 2 aromatic carbocycles. The molecule has 9 heteroatoms. The average molecular weight is 486 g/mol. The van der Waals surface area contributed by atoms with Gasteiger partial charge in [0.15, 0.2) is 0 Å². The summed E-state index contributed by atoms with van der Waals surface area (Å²) < 4.78 is 5.09. The molecule has 35 heavy (non-hydrogen) atoms. The van der Waals surface area contributed by atoms with Crippen LogP contribution in [0.3, 0.4) is 0 Å². The molecule has 1 aliphatic heterocycles. The molecular weight excluding hydrogens is 462 g/mol. The predicted octanol–water partition coefficient (Wildman–Crippen LogP) is 3.29. The number of aromatic nitrogens is 4. The van der Waals surface area contributed by atoms with E-state index in [1.165, 1.54) is 20.4 Å². The maximum Gasteiger partial charge on any atom is 0.352 e. The van der Waals surface area contributed by atoms with Crippen LogP contribution in [0.2, 0.25) is 0 Å². The smallest absolute Gasteiger partial charge is 0.312 e. The highest BCUT2D eigenvalue weighted by atomic mass is 32.1. The first-order valence-corrected chi connectivity index (χ1v) is 12.5. The van der Waals surface area contributed by atoms with Crippen molar-refractivity contribution in [1.29, 1.82) is 0 Å². The number of nitrogens with zero attached hydrogens (tertiary/aromatic N) is 5. The largest absolute Gasteiger partial charge is 0.352 e. The zero-order chi connectivity index (χ0) is 23.9. The summed E-state index contributed by atoms with van der Waals surface area (Å²) in [6, 6.07) is 19.4. The van der Waals surface area contributed by atoms with Gasteiger partial charge in [0.05, 0.1) is 12.1 Å². The number of aryl methyl sites for hydroxylation is 2. The van der Waals surface area contributed by atoms with Gasteiger partial charge in [-0.2, -0.15) is 0 Å². The molecule has 1 amide bonds. The number of amides is 1. The molecule has 176 valence electrons. The van der Waals surface area contributed by atoms with Crippen LogP contribution in [0.4, 0.5) is 5.69 Å². The molecule has 0 unspecified atom stereocenters. The third kappa shape index (κ3) is 3.77. The Morgan fingerprint density at radius 3 is 2.46 bits per heavy atom. The SMILES string of the molecule is O=C1CCCN1c1ccc(Cn2nc3n(CCc4ccccc4)c(=O)c4sccc4n3c2=O)cc1. The van der Waals surface area contributed by atoms with Gasteiger partial charge in [0, 0.05) is 25.2 Å². The van der Waals surface area contributed by atoms with E-state index >= 15 is 0 Å². The number of hydrogen-bond acceptors (Lipinski definition) is 5. The number of hydrogen-bond donors (Lipinski definition) is 0. The Labute approximate surface area is 204 Å². The Hall–Kier alpha value is -3.98. The molecule has 1 aliphatic rings. The maximum absolute atomic E-state index is 13.4. The Morgan fingerprint density at radius 1 is 0.914 bits per heavy atom. The van der Waals surface area contributed by atoms with Gasteiger partial charge >= 0.3 is 5.69 Å². The molecule has 0 aliphatic carbocycles. The van der Waals surface area contributed by atoms with Crippen LogP contribution in [0.15, 0.2) is 75.6 Å². The molecule has 6 rings (SSSR count). The summed E-state index contributed by atoms with van der Waals surface area (Å²) >= 11 is 1.34. The van der Waals surface area contributed by atoms with Crippen molar-refractivity contribution in [2.45, 2.75) is 32.4 Å². The first-order chi connectivity index (χ1) is 17.1. The highest BCUT2D eigenvalue weighted by Crippen LogP contribution is 2.22. The fourth-order valence-corrected chi connectivity index (χ4v) is 5.52. The van der Waals surface area contributed by atoms with E-state index in [0.29, 0.717) is 35.4 Å². The monoisotopic (exact) mass is 485 g/mol. The molecule has 0 bridgehead atoms. The number of carbonyl (C=O) groups is 1. The van der Waals surface area contributed by atoms with Gasteiger partial charge in [-0.05, 0) is 47.5 Å². The number of fused-ring (bicyclic) bond motifs is 3. The van der Waals surface area contributed by atoms with Crippen LogP contribution in [0.1, 0.15) is 24.0 Å². The first-order valence-electron chi connectivity index (χ1n) is 11.6. The third-order valence-electron chi connectivity index (χ3n) is 6.51. The number of anilines is 1. The van der Waals surface area contributed by atoms with E-state index in [-0.39, 0.29) is 23.7 Å². The molecule has 0 spiro atoms. The van der Waals surface area contributed by atoms with Gasteiger partial charge in [-0.25, -0.2) is 13.9 Å². The standard InChI is InChI=1S/C26H23N5O3S/c32-22-7-4-14-28(22)20-10-8-19(9-11-20)17-30-26(34)31-21-13-16-35-23(21)24(33)29(25(31)27-30)15-12-18-5-2-1-3-6-18/h1-3,5-6,8-11,13,16H,4,7,12,14-15,17H2. The lowest BCUT2D eigenvalue weighted by Gasteiger charge is -2.15. The minimum Gasteiger partial charge on any atom is -0.312 e. The summed E-state index contributed by atoms with van der Waals surface area (Å²) in [4.78, 5) is 40.5. The Morgan fingerprint density at radius 2 is 1.71 bits per heavy atom. The topological polar surface area (TPSA) is 81.6 Å². The van der Waals surface area contributed by atoms with Gasteiger partial charge in [-0.3, -0.25) is 14.2 Å². The summed E-state index contributed by atoms with van der Waals surface area (Å²) in [6.45, 7) is 1.43. The van der Waals surface area contributed by atoms with E-state index in [1.54, 1.807) is 15.5 Å². The lowest BCUT2D eigenvalue weighted by Crippen LogP contribution is -2.26. The summed E-state index contributed by atoms with van der Waals surface area (Å²) in [5.74, 6) is 0.490. The van der Waals surface area contributed by atoms with Gasteiger partial charge in [0.2, 0.25) is 11.7 Å². The highest BCUT2D eigenvalue weighted by Gasteiger charge is 2.22. The summed E-state index contributed by atoms with van der Waals surface area (Å²) in [6.07, 6.45) is 2.12. The lowest BCUT2D eigenvalue weighted by molar-refractivity contribution is -0.117. The van der Waals surface area contributed by atoms with Crippen molar-refractivity contribution < 1.29 is 4.79 Å². The molecule has 1 saturated heterocycles. The van der Waals surface area contributed by atoms with E-state index in [2.05, 4.69) is 5.10 Å². The van der Waals surface area contributed by atoms with Crippen LogP contribution in [-0.2, 0) is 24.3 Å². The number of rotatable bonds is 6. The van der Waals surface area contributed by atoms with Gasteiger partial charge in [0.1, 0.15) is 4.70 Å². The van der Waals surface area contributed by atoms with E-state index in [1.807, 2.05) is 60.0 Å². The fourth-order valence-electron chi connectivity index (χ4n) is 4.70. The van der Waals surface area contributed by atoms with Crippen molar-refractivity contribution in [3.8, 4) is 0 Å². The summed E-state index contributed by atoms with van der Waals surface area (Å²) in [5, 5.41) is 6.42. The van der Waals surface area contributed by atoms with Crippen LogP contribution < -0.4 is 16.1 Å². The van der Waals surface area contributed by atoms with Crippen LogP contribution >= 0.6 is 11.3 Å². The second-order valence-corrected chi connectivity index (χ2v) is 9.63. The molecule has 3 aromatic heterocycles. The van der Waals surface area contributed by atoms with Gasteiger partial charge in [-0.1, -0.05) is 42.5 Å². The first kappa shape index (κ1) is 21.5. The Bertz CT molecular complexity index is 1660. The molecule has 0 saturated carbocycles. The zero-order valence-electron chi connectivity index (χ0n) is 19.0. The van der Waals surface area contributed by atoms with Crippen molar-refractivity contribution in [1.82, 2.24) is 18.7 Å². The number of carbonyl (C=O) groups excluding carboxylic acids is 1. The lowest BCUT2D eigenvalue weighted by atomic mass is 10.1.